The maximum Gasteiger partial charge on any atom is 0.252 e. The first kappa shape index (κ1) is 21.1. The van der Waals surface area contributed by atoms with Crippen LogP contribution in [0.4, 0.5) is 0 Å². The Balaban J connectivity index is 1.91. The van der Waals surface area contributed by atoms with Crippen molar-refractivity contribution in [2.75, 3.05) is 27.9 Å². The first-order valence-electron chi connectivity index (χ1n) is 8.86. The van der Waals surface area contributed by atoms with Crippen molar-refractivity contribution in [3.05, 3.63) is 36.2 Å². The second-order valence-corrected chi connectivity index (χ2v) is 6.02. The predicted molar refractivity (Wildman–Crippen MR) is 103 cm³/mol. The zero-order chi connectivity index (χ0) is 20.5. The number of nitrogens with one attached hydrogen (secondary N) is 2. The van der Waals surface area contributed by atoms with Gasteiger partial charge in [-0.25, -0.2) is 0 Å². The van der Waals surface area contributed by atoms with Crippen molar-refractivity contribution in [3.8, 4) is 17.2 Å². The molecule has 0 aliphatic carbocycles. The van der Waals surface area contributed by atoms with E-state index in [2.05, 4.69) is 15.7 Å². The van der Waals surface area contributed by atoms with Crippen LogP contribution >= 0.6 is 0 Å². The highest BCUT2D eigenvalue weighted by Crippen LogP contribution is 2.38. The molecule has 0 radical (unpaired) electrons. The van der Waals surface area contributed by atoms with E-state index >= 15 is 0 Å². The summed E-state index contributed by atoms with van der Waals surface area (Å²) in [5.41, 5.74) is 0.299. The Hall–Kier alpha value is -3.23. The van der Waals surface area contributed by atoms with Crippen LogP contribution in [-0.4, -0.2) is 55.5 Å². The van der Waals surface area contributed by atoms with Crippen LogP contribution < -0.4 is 24.8 Å². The summed E-state index contributed by atoms with van der Waals surface area (Å²) in [7, 11) is 4.43. The molecule has 9 nitrogen and oxygen atoms in total. The molecule has 0 unspecified atom stereocenters. The summed E-state index contributed by atoms with van der Waals surface area (Å²) in [4.78, 5) is 24.7. The zero-order valence-electron chi connectivity index (χ0n) is 16.5. The van der Waals surface area contributed by atoms with Crippen LogP contribution in [0.3, 0.4) is 0 Å². The molecule has 0 saturated carbocycles. The van der Waals surface area contributed by atoms with Gasteiger partial charge in [0.15, 0.2) is 11.5 Å². The number of aromatic nitrogens is 2. The van der Waals surface area contributed by atoms with E-state index in [0.717, 1.165) is 6.42 Å². The topological polar surface area (TPSA) is 104 Å². The van der Waals surface area contributed by atoms with E-state index in [-0.39, 0.29) is 5.91 Å². The third kappa shape index (κ3) is 5.38. The van der Waals surface area contributed by atoms with Gasteiger partial charge in [0.2, 0.25) is 11.7 Å². The Morgan fingerprint density at radius 1 is 1.14 bits per heavy atom. The van der Waals surface area contributed by atoms with E-state index < -0.39 is 11.9 Å². The minimum Gasteiger partial charge on any atom is -0.493 e. The monoisotopic (exact) mass is 390 g/mol. The van der Waals surface area contributed by atoms with Crippen LogP contribution in [0.1, 0.15) is 23.7 Å². The highest BCUT2D eigenvalue weighted by molar-refractivity contribution is 5.98. The Kier molecular flexibility index (Phi) is 7.67. The van der Waals surface area contributed by atoms with Crippen molar-refractivity contribution < 1.29 is 23.8 Å². The molecule has 28 heavy (non-hydrogen) atoms. The maximum atomic E-state index is 12.5. The van der Waals surface area contributed by atoms with E-state index in [1.165, 1.54) is 33.5 Å². The van der Waals surface area contributed by atoms with E-state index in [0.29, 0.717) is 35.9 Å². The molecular weight excluding hydrogens is 364 g/mol. The zero-order valence-corrected chi connectivity index (χ0v) is 16.5. The molecule has 1 aromatic carbocycles. The number of carbonyl (C=O) groups is 2. The fourth-order valence-electron chi connectivity index (χ4n) is 2.60. The van der Waals surface area contributed by atoms with Crippen LogP contribution in [0, 0.1) is 0 Å². The summed E-state index contributed by atoms with van der Waals surface area (Å²) >= 11 is 0. The van der Waals surface area contributed by atoms with Crippen molar-refractivity contribution in [1.82, 2.24) is 20.4 Å². The lowest BCUT2D eigenvalue weighted by molar-refractivity contribution is -0.122. The van der Waals surface area contributed by atoms with Gasteiger partial charge in [-0.2, -0.15) is 5.10 Å². The summed E-state index contributed by atoms with van der Waals surface area (Å²) in [5.74, 6) is 0.440. The minimum absolute atomic E-state index is 0.263. The van der Waals surface area contributed by atoms with Crippen molar-refractivity contribution in [2.24, 2.45) is 0 Å². The number of nitrogens with zero attached hydrogens (tertiary/aromatic N) is 2. The summed E-state index contributed by atoms with van der Waals surface area (Å²) in [6, 6.07) is 4.21. The lowest BCUT2D eigenvalue weighted by Crippen LogP contribution is -2.45. The Morgan fingerprint density at radius 3 is 2.36 bits per heavy atom. The first-order valence-corrected chi connectivity index (χ1v) is 8.86. The van der Waals surface area contributed by atoms with Gasteiger partial charge in [-0.05, 0) is 31.5 Å². The number of methoxy groups -OCH3 is 3. The molecule has 1 aromatic heterocycles. The summed E-state index contributed by atoms with van der Waals surface area (Å²) in [5, 5.41) is 9.57. The summed E-state index contributed by atoms with van der Waals surface area (Å²) in [6.07, 6.45) is 4.31. The third-order valence-electron chi connectivity index (χ3n) is 4.09. The van der Waals surface area contributed by atoms with Gasteiger partial charge in [-0.1, -0.05) is 0 Å². The Bertz CT molecular complexity index is 767. The van der Waals surface area contributed by atoms with E-state index in [4.69, 9.17) is 14.2 Å². The molecule has 0 aliphatic heterocycles. The number of carbonyl (C=O) groups excluding carboxylic acids is 2. The van der Waals surface area contributed by atoms with Crippen LogP contribution in [0.2, 0.25) is 0 Å². The van der Waals surface area contributed by atoms with Crippen LogP contribution in [0.25, 0.3) is 0 Å². The molecular formula is C19H26N4O5. The fraction of sp³-hybridized carbons (Fsp3) is 0.421. The molecule has 0 fully saturated rings. The average Bonchev–Trinajstić information content (AvgIpc) is 3.23. The molecule has 1 heterocycles. The van der Waals surface area contributed by atoms with E-state index in [1.807, 2.05) is 12.3 Å². The molecule has 2 N–H and O–H groups in total. The van der Waals surface area contributed by atoms with Crippen molar-refractivity contribution in [3.63, 3.8) is 0 Å². The van der Waals surface area contributed by atoms with Gasteiger partial charge < -0.3 is 24.8 Å². The van der Waals surface area contributed by atoms with Gasteiger partial charge in [0.25, 0.3) is 5.91 Å². The largest absolute Gasteiger partial charge is 0.493 e. The summed E-state index contributed by atoms with van der Waals surface area (Å²) in [6.45, 7) is 2.82. The second kappa shape index (κ2) is 10.2. The molecule has 0 spiro atoms. The predicted octanol–water partition coefficient (Wildman–Crippen LogP) is 1.23. The quantitative estimate of drug-likeness (QED) is 0.592. The number of hydrogen-bond acceptors (Lipinski definition) is 6. The second-order valence-electron chi connectivity index (χ2n) is 6.02. The minimum atomic E-state index is -0.698. The molecule has 0 aliphatic rings. The number of rotatable bonds is 10. The van der Waals surface area contributed by atoms with Gasteiger partial charge in [0, 0.05) is 31.0 Å². The number of ether oxygens (including phenoxy) is 3. The summed E-state index contributed by atoms with van der Waals surface area (Å²) < 4.78 is 17.5. The molecule has 152 valence electrons. The normalized spacial score (nSPS) is 11.4. The molecule has 0 bridgehead atoms. The molecule has 0 saturated heterocycles. The van der Waals surface area contributed by atoms with Gasteiger partial charge in [0.1, 0.15) is 6.04 Å². The van der Waals surface area contributed by atoms with Crippen LogP contribution in [0.5, 0.6) is 17.2 Å². The fourth-order valence-corrected chi connectivity index (χ4v) is 2.60. The van der Waals surface area contributed by atoms with Crippen molar-refractivity contribution in [1.29, 1.82) is 0 Å². The van der Waals surface area contributed by atoms with Crippen LogP contribution in [-0.2, 0) is 11.3 Å². The highest BCUT2D eigenvalue weighted by Gasteiger charge is 2.20. The SMILES string of the molecule is COc1cc(C(=O)N[C@@H](C)C(=O)NCCCn2cccn2)cc(OC)c1OC. The Morgan fingerprint density at radius 2 is 1.82 bits per heavy atom. The Labute approximate surface area is 164 Å². The van der Waals surface area contributed by atoms with Gasteiger partial charge in [-0.15, -0.1) is 0 Å². The third-order valence-corrected chi connectivity index (χ3v) is 4.09. The van der Waals surface area contributed by atoms with Gasteiger partial charge in [0.05, 0.1) is 21.3 Å². The lowest BCUT2D eigenvalue weighted by atomic mass is 10.1. The highest BCUT2D eigenvalue weighted by atomic mass is 16.5. The molecule has 2 aromatic rings. The maximum absolute atomic E-state index is 12.5. The molecule has 1 atom stereocenters. The van der Waals surface area contributed by atoms with Crippen molar-refractivity contribution >= 4 is 11.8 Å². The number of amides is 2. The first-order chi connectivity index (χ1) is 13.5. The number of aryl methyl sites for hydroxylation is 1. The molecule has 2 rings (SSSR count). The average molecular weight is 390 g/mol. The lowest BCUT2D eigenvalue weighted by Gasteiger charge is -2.16. The molecule has 2 amide bonds. The van der Waals surface area contributed by atoms with E-state index in [1.54, 1.807) is 17.8 Å². The van der Waals surface area contributed by atoms with Crippen LogP contribution in [0.15, 0.2) is 30.6 Å². The van der Waals surface area contributed by atoms with Gasteiger partial charge >= 0.3 is 0 Å². The molecule has 9 heteroatoms. The number of benzene rings is 1. The number of hydrogen-bond donors (Lipinski definition) is 2. The van der Waals surface area contributed by atoms with Crippen molar-refractivity contribution in [2.45, 2.75) is 25.9 Å². The van der Waals surface area contributed by atoms with Gasteiger partial charge in [-0.3, -0.25) is 14.3 Å². The standard InChI is InChI=1S/C19H26N4O5/c1-13(18(24)20-7-5-9-23-10-6-8-21-23)22-19(25)14-11-15(26-2)17(28-4)16(12-14)27-3/h6,8,10-13H,5,7,9H2,1-4H3,(H,20,24)(H,22,25)/t13-/m0/s1. The van der Waals surface area contributed by atoms with E-state index in [9.17, 15) is 9.59 Å². The smallest absolute Gasteiger partial charge is 0.252 e.